The predicted octanol–water partition coefficient (Wildman–Crippen LogP) is 4.39. The van der Waals surface area contributed by atoms with Crippen LogP contribution in [-0.4, -0.2) is 12.1 Å². The van der Waals surface area contributed by atoms with E-state index in [1.54, 1.807) is 0 Å². The molecule has 0 saturated carbocycles. The van der Waals surface area contributed by atoms with E-state index < -0.39 is 0 Å². The molecule has 0 amide bonds. The molecule has 1 aliphatic heterocycles. The van der Waals surface area contributed by atoms with E-state index in [9.17, 15) is 4.79 Å². The fraction of sp³-hybridized carbons (Fsp3) is 0.800. The van der Waals surface area contributed by atoms with Crippen LogP contribution in [0.3, 0.4) is 0 Å². The highest BCUT2D eigenvalue weighted by Gasteiger charge is 2.14. The molecule has 2 heteroatoms. The fourth-order valence-corrected chi connectivity index (χ4v) is 2.25. The zero-order valence-corrected chi connectivity index (χ0v) is 11.1. The maximum absolute atomic E-state index is 11.0. The molecule has 0 spiro atoms. The largest absolute Gasteiger partial charge is 0.459 e. The third kappa shape index (κ3) is 7.19. The van der Waals surface area contributed by atoms with Crippen molar-refractivity contribution in [3.8, 4) is 0 Å². The topological polar surface area (TPSA) is 26.3 Å². The predicted molar refractivity (Wildman–Crippen MR) is 70.9 cm³/mol. The lowest BCUT2D eigenvalue weighted by Gasteiger charge is -2.18. The summed E-state index contributed by atoms with van der Waals surface area (Å²) in [5, 5.41) is 0. The maximum Gasteiger partial charge on any atom is 0.330 e. The van der Waals surface area contributed by atoms with Crippen molar-refractivity contribution in [2.75, 3.05) is 0 Å². The molecule has 0 aromatic rings. The lowest BCUT2D eigenvalue weighted by Crippen LogP contribution is -2.19. The molecule has 0 bridgehead atoms. The first-order chi connectivity index (χ1) is 8.33. The minimum Gasteiger partial charge on any atom is -0.459 e. The Morgan fingerprint density at radius 2 is 1.76 bits per heavy atom. The lowest BCUT2D eigenvalue weighted by atomic mass is 10.0. The molecule has 0 unspecified atom stereocenters. The van der Waals surface area contributed by atoms with Crippen LogP contribution in [0.25, 0.3) is 0 Å². The molecule has 0 N–H and O–H groups in total. The Morgan fingerprint density at radius 1 is 1.12 bits per heavy atom. The van der Waals surface area contributed by atoms with Crippen molar-refractivity contribution in [1.29, 1.82) is 0 Å². The molecule has 0 fully saturated rings. The van der Waals surface area contributed by atoms with Gasteiger partial charge in [-0.05, 0) is 12.8 Å². The summed E-state index contributed by atoms with van der Waals surface area (Å²) >= 11 is 0. The highest BCUT2D eigenvalue weighted by Crippen LogP contribution is 2.16. The second kappa shape index (κ2) is 9.26. The summed E-state index contributed by atoms with van der Waals surface area (Å²) in [6, 6.07) is 0. The summed E-state index contributed by atoms with van der Waals surface area (Å²) in [5.41, 5.74) is 0. The van der Waals surface area contributed by atoms with Gasteiger partial charge in [0.25, 0.3) is 0 Å². The Morgan fingerprint density at radius 3 is 2.41 bits per heavy atom. The van der Waals surface area contributed by atoms with Crippen molar-refractivity contribution in [2.45, 2.75) is 77.2 Å². The molecule has 1 heterocycles. The van der Waals surface area contributed by atoms with Gasteiger partial charge in [0.05, 0.1) is 0 Å². The first-order valence-electron chi connectivity index (χ1n) is 7.20. The van der Waals surface area contributed by atoms with Crippen LogP contribution in [0.15, 0.2) is 12.2 Å². The monoisotopic (exact) mass is 238 g/mol. The highest BCUT2D eigenvalue weighted by atomic mass is 16.5. The molecule has 1 atom stereocenters. The second-order valence-corrected chi connectivity index (χ2v) is 4.96. The number of unbranched alkanes of at least 4 members (excludes halogenated alkanes) is 7. The molecule has 0 aromatic heterocycles. The van der Waals surface area contributed by atoms with Gasteiger partial charge in [0, 0.05) is 12.5 Å². The Kier molecular flexibility index (Phi) is 7.78. The van der Waals surface area contributed by atoms with E-state index in [1.165, 1.54) is 57.4 Å². The van der Waals surface area contributed by atoms with Crippen LogP contribution < -0.4 is 0 Å². The van der Waals surface area contributed by atoms with E-state index in [0.717, 1.165) is 12.8 Å². The van der Waals surface area contributed by atoms with E-state index >= 15 is 0 Å². The minimum absolute atomic E-state index is 0.146. The van der Waals surface area contributed by atoms with Crippen molar-refractivity contribution in [3.05, 3.63) is 12.2 Å². The summed E-state index contributed by atoms with van der Waals surface area (Å²) in [6.45, 7) is 2.25. The maximum atomic E-state index is 11.0. The normalized spacial score (nSPS) is 19.4. The van der Waals surface area contributed by atoms with Gasteiger partial charge in [-0.15, -0.1) is 0 Å². The molecule has 0 aliphatic carbocycles. The molecule has 0 saturated heterocycles. The third-order valence-corrected chi connectivity index (χ3v) is 3.32. The summed E-state index contributed by atoms with van der Waals surface area (Å²) in [6.07, 6.45) is 16.2. The Balaban J connectivity index is 1.87. The Hall–Kier alpha value is -0.790. The van der Waals surface area contributed by atoms with Gasteiger partial charge in [0.1, 0.15) is 6.10 Å². The molecule has 1 rings (SSSR count). The van der Waals surface area contributed by atoms with Crippen molar-refractivity contribution in [2.24, 2.45) is 0 Å². The number of cyclic esters (lactones) is 1. The molecule has 17 heavy (non-hydrogen) atoms. The van der Waals surface area contributed by atoms with Crippen molar-refractivity contribution in [3.63, 3.8) is 0 Å². The number of carbonyl (C=O) groups excluding carboxylic acids is 1. The van der Waals surface area contributed by atoms with E-state index in [0.29, 0.717) is 0 Å². The summed E-state index contributed by atoms with van der Waals surface area (Å²) in [4.78, 5) is 11.0. The zero-order valence-electron chi connectivity index (χ0n) is 11.1. The molecule has 0 radical (unpaired) electrons. The smallest absolute Gasteiger partial charge is 0.330 e. The second-order valence-electron chi connectivity index (χ2n) is 4.96. The average molecular weight is 238 g/mol. The molecule has 2 nitrogen and oxygen atoms in total. The summed E-state index contributed by atoms with van der Waals surface area (Å²) < 4.78 is 5.22. The van der Waals surface area contributed by atoms with Gasteiger partial charge < -0.3 is 4.74 Å². The average Bonchev–Trinajstić information content (AvgIpc) is 2.33. The van der Waals surface area contributed by atoms with E-state index in [4.69, 9.17) is 4.74 Å². The number of rotatable bonds is 9. The van der Waals surface area contributed by atoms with Crippen LogP contribution >= 0.6 is 0 Å². The SMILES string of the molecule is CCCCCCCCCC[C@@H]1CC=CC(=O)O1. The number of ether oxygens (including phenoxy) is 1. The molecular weight excluding hydrogens is 212 g/mol. The van der Waals surface area contributed by atoms with Crippen molar-refractivity contribution < 1.29 is 9.53 Å². The molecular formula is C15H26O2. The Labute approximate surface area is 105 Å². The van der Waals surface area contributed by atoms with Crippen LogP contribution in [-0.2, 0) is 9.53 Å². The van der Waals surface area contributed by atoms with Gasteiger partial charge in [-0.1, -0.05) is 57.9 Å². The first kappa shape index (κ1) is 14.3. The van der Waals surface area contributed by atoms with Gasteiger partial charge in [-0.25, -0.2) is 4.79 Å². The summed E-state index contributed by atoms with van der Waals surface area (Å²) in [5.74, 6) is -0.166. The standard InChI is InChI=1S/C15H26O2/c1-2-3-4-5-6-7-8-9-11-14-12-10-13-15(16)17-14/h10,13-14H,2-9,11-12H2,1H3/t14-/m1/s1. The number of hydrogen-bond donors (Lipinski definition) is 0. The van der Waals surface area contributed by atoms with Gasteiger partial charge in [-0.3, -0.25) is 0 Å². The van der Waals surface area contributed by atoms with Crippen LogP contribution in [0.1, 0.15) is 71.1 Å². The number of hydrogen-bond acceptors (Lipinski definition) is 2. The van der Waals surface area contributed by atoms with Gasteiger partial charge in [0.2, 0.25) is 0 Å². The minimum atomic E-state index is -0.166. The highest BCUT2D eigenvalue weighted by molar-refractivity contribution is 5.82. The van der Waals surface area contributed by atoms with E-state index in [1.807, 2.05) is 6.08 Å². The van der Waals surface area contributed by atoms with E-state index in [-0.39, 0.29) is 12.1 Å². The first-order valence-corrected chi connectivity index (χ1v) is 7.20. The van der Waals surface area contributed by atoms with Gasteiger partial charge in [-0.2, -0.15) is 0 Å². The third-order valence-electron chi connectivity index (χ3n) is 3.32. The van der Waals surface area contributed by atoms with Crippen LogP contribution in [0.2, 0.25) is 0 Å². The molecule has 0 aromatic carbocycles. The lowest BCUT2D eigenvalue weighted by molar-refractivity contribution is -0.144. The quantitative estimate of drug-likeness (QED) is 0.440. The van der Waals surface area contributed by atoms with Crippen LogP contribution in [0.5, 0.6) is 0 Å². The summed E-state index contributed by atoms with van der Waals surface area (Å²) in [7, 11) is 0. The van der Waals surface area contributed by atoms with Crippen molar-refractivity contribution >= 4 is 5.97 Å². The van der Waals surface area contributed by atoms with Gasteiger partial charge >= 0.3 is 5.97 Å². The fourth-order valence-electron chi connectivity index (χ4n) is 2.25. The van der Waals surface area contributed by atoms with E-state index in [2.05, 4.69) is 6.92 Å². The zero-order chi connectivity index (χ0) is 12.3. The van der Waals surface area contributed by atoms with Crippen LogP contribution in [0, 0.1) is 0 Å². The van der Waals surface area contributed by atoms with Gasteiger partial charge in [0.15, 0.2) is 0 Å². The molecule has 98 valence electrons. The number of carbonyl (C=O) groups is 1. The number of esters is 1. The Bertz CT molecular complexity index is 233. The molecule has 1 aliphatic rings. The van der Waals surface area contributed by atoms with Crippen LogP contribution in [0.4, 0.5) is 0 Å². The van der Waals surface area contributed by atoms with Crippen molar-refractivity contribution in [1.82, 2.24) is 0 Å².